The predicted molar refractivity (Wildman–Crippen MR) is 255 cm³/mol. The van der Waals surface area contributed by atoms with Crippen LogP contribution in [0.25, 0.3) is 32.7 Å². The third kappa shape index (κ3) is 9.23. The number of carbonyl (C=O) groups is 1. The van der Waals surface area contributed by atoms with Crippen LogP contribution in [0.3, 0.4) is 0 Å². The van der Waals surface area contributed by atoms with Crippen molar-refractivity contribution in [1.82, 2.24) is 36.1 Å². The minimum atomic E-state index is -2.14. The van der Waals surface area contributed by atoms with Crippen LogP contribution in [-0.2, 0) is 60.1 Å². The highest BCUT2D eigenvalue weighted by Crippen LogP contribution is 2.53. The quantitative estimate of drug-likeness (QED) is 0.0579. The first kappa shape index (κ1) is 53.2. The molecule has 29 heteroatoms. The van der Waals surface area contributed by atoms with Gasteiger partial charge in [-0.15, -0.1) is 45.8 Å². The maximum atomic E-state index is 11.5. The summed E-state index contributed by atoms with van der Waals surface area (Å²) >= 11 is 5.17. The fourth-order valence-corrected chi connectivity index (χ4v) is 12.8. The standard InChI is InChI=1S/C17H20N2O6S2.C14H17N3O5S.C11H13N3O5S.H3N/c1-8(20)22-5-10-12-13(25-16(2,3)24-12)17(21,23-10)14-11-9(6-27-14)15(26-4)19-7-18-11;1-13(2)21-9-7(3-18)20-14(19,10(9)22-13)11-8-6(4-23-11)12(15)17-5-16-8;12-10-4-2-20-9(6(4)13-3-14-10)11(18)8(17)7(16)5(1-15)19-11;/h6-7,10,12-13,21H,5H2,1-4H3;4-5,7,9-10,18-19H,3H2,1-2H3,(H2,15,16,17);2-3,5,7-8,15-18H,1H2,(H2,12,13,14);1H3/t10-,12-,13-,17?;7-,9-,10-,14?;5-,7-,8-,11?;/m111./s1. The number of nitrogens with zero attached hydrogens (tertiary/aromatic N) is 6. The Kier molecular flexibility index (Phi) is 14.7. The van der Waals surface area contributed by atoms with Crippen LogP contribution in [-0.4, -0.2) is 164 Å². The van der Waals surface area contributed by atoms with E-state index in [4.69, 9.17) is 54.5 Å². The van der Waals surface area contributed by atoms with Crippen molar-refractivity contribution < 1.29 is 78.4 Å². The molecule has 6 aromatic rings. The van der Waals surface area contributed by atoms with E-state index in [2.05, 4.69) is 29.9 Å². The average molecular weight is 1070 g/mol. The smallest absolute Gasteiger partial charge is 0.302 e. The lowest BCUT2D eigenvalue weighted by Crippen LogP contribution is -2.40. The fourth-order valence-electron chi connectivity index (χ4n) is 8.95. The lowest BCUT2D eigenvalue weighted by atomic mass is 10.0. The largest absolute Gasteiger partial charge is 0.463 e. The number of aliphatic hydroxyl groups is 7. The Balaban J connectivity index is 0.000000143. The Morgan fingerprint density at radius 2 is 1.07 bits per heavy atom. The van der Waals surface area contributed by atoms with E-state index in [1.165, 1.54) is 60.3 Å². The summed E-state index contributed by atoms with van der Waals surface area (Å²) in [6, 6.07) is 0. The number of esters is 1. The van der Waals surface area contributed by atoms with E-state index < -0.39 is 96.4 Å². The summed E-state index contributed by atoms with van der Waals surface area (Å²) in [7, 11) is 0. The minimum Gasteiger partial charge on any atom is -0.463 e. The molecule has 11 heterocycles. The summed E-state index contributed by atoms with van der Waals surface area (Å²) < 4.78 is 45.5. The number of carbonyl (C=O) groups excluding carboxylic acids is 1. The van der Waals surface area contributed by atoms with E-state index in [0.717, 1.165) is 21.7 Å². The number of thiophene rings is 3. The second kappa shape index (κ2) is 19.7. The maximum absolute atomic E-state index is 11.5. The zero-order valence-electron chi connectivity index (χ0n) is 38.8. The summed E-state index contributed by atoms with van der Waals surface area (Å²) in [6.45, 7) is 7.53. The van der Waals surface area contributed by atoms with Gasteiger partial charge in [-0.05, 0) is 34.0 Å². The molecule has 0 bridgehead atoms. The van der Waals surface area contributed by atoms with Crippen LogP contribution < -0.4 is 17.6 Å². The van der Waals surface area contributed by atoms with Gasteiger partial charge in [0.25, 0.3) is 0 Å². The molecule has 0 saturated carbocycles. The van der Waals surface area contributed by atoms with Crippen molar-refractivity contribution in [3.63, 3.8) is 0 Å². The van der Waals surface area contributed by atoms with Gasteiger partial charge in [0, 0.05) is 28.5 Å². The fraction of sp³-hybridized carbons (Fsp3) is 0.548. The molecule has 386 valence electrons. The monoisotopic (exact) mass is 1070 g/mol. The number of hydrogen-bond donors (Lipinski definition) is 10. The first-order chi connectivity index (χ1) is 33.1. The Labute approximate surface area is 419 Å². The third-order valence-corrected chi connectivity index (χ3v) is 16.0. The lowest BCUT2D eigenvalue weighted by Gasteiger charge is -2.29. The molecule has 0 radical (unpaired) electrons. The number of hydrogen-bond acceptors (Lipinski definition) is 29. The van der Waals surface area contributed by atoms with Crippen molar-refractivity contribution in [2.45, 2.75) is 124 Å². The minimum absolute atomic E-state index is 0. The molecule has 25 nitrogen and oxygen atoms in total. The normalized spacial score (nSPS) is 33.3. The van der Waals surface area contributed by atoms with E-state index in [0.29, 0.717) is 42.9 Å². The number of nitrogens with two attached hydrogens (primary N) is 2. The highest BCUT2D eigenvalue weighted by atomic mass is 32.2. The van der Waals surface area contributed by atoms with E-state index in [1.54, 1.807) is 38.5 Å². The lowest BCUT2D eigenvalue weighted by molar-refractivity contribution is -0.282. The molecule has 11 rings (SSSR count). The van der Waals surface area contributed by atoms with E-state index in [9.17, 15) is 35.4 Å². The Morgan fingerprint density at radius 1 is 0.648 bits per heavy atom. The molecule has 3 unspecified atom stereocenters. The molecule has 71 heavy (non-hydrogen) atoms. The summed E-state index contributed by atoms with van der Waals surface area (Å²) in [5, 5.41) is 79.9. The van der Waals surface area contributed by atoms with Gasteiger partial charge in [-0.3, -0.25) is 4.79 Å². The molecular formula is C42H53N9O16S4. The van der Waals surface area contributed by atoms with Gasteiger partial charge in [0.05, 0.1) is 55.2 Å². The molecule has 0 aromatic carbocycles. The molecule has 14 N–H and O–H groups in total. The number of rotatable bonds is 8. The zero-order chi connectivity index (χ0) is 50.3. The number of thioether (sulfide) groups is 1. The summed E-state index contributed by atoms with van der Waals surface area (Å²) in [5.74, 6) is -7.29. The van der Waals surface area contributed by atoms with Gasteiger partial charge in [-0.2, -0.15) is 0 Å². The van der Waals surface area contributed by atoms with Crippen molar-refractivity contribution in [3.8, 4) is 0 Å². The highest BCUT2D eigenvalue weighted by molar-refractivity contribution is 7.98. The second-order valence-electron chi connectivity index (χ2n) is 17.6. The highest BCUT2D eigenvalue weighted by Gasteiger charge is 2.66. The van der Waals surface area contributed by atoms with Crippen LogP contribution in [0.2, 0.25) is 0 Å². The van der Waals surface area contributed by atoms with E-state index in [1.807, 2.05) is 11.6 Å². The maximum Gasteiger partial charge on any atom is 0.302 e. The molecule has 5 aliphatic heterocycles. The van der Waals surface area contributed by atoms with Gasteiger partial charge in [0.2, 0.25) is 17.4 Å². The van der Waals surface area contributed by atoms with Gasteiger partial charge in [-0.25, -0.2) is 29.9 Å². The van der Waals surface area contributed by atoms with Crippen LogP contribution in [0.4, 0.5) is 11.6 Å². The van der Waals surface area contributed by atoms with Crippen molar-refractivity contribution in [1.29, 1.82) is 0 Å². The first-order valence-corrected chi connectivity index (χ1v) is 25.3. The van der Waals surface area contributed by atoms with Crippen molar-refractivity contribution in [2.24, 2.45) is 0 Å². The number of nitrogen functional groups attached to an aromatic ring is 2. The SMILES string of the molecule is CC1(C)O[C@H]2[C@@H](O1)C(O)(c1scc3c(N)ncnc13)O[C@@H]2CO.CSc1ncnc2c(C3(O)O[C@H](COC(C)=O)[C@H]4OC(C)(C)O[C@H]43)scc12.N.Nc1ncnc2c(C3(O)O[C@H](CO)[C@@H](O)[C@H]3O)scc12. The van der Waals surface area contributed by atoms with Crippen molar-refractivity contribution in [3.05, 3.63) is 49.8 Å². The molecular weight excluding hydrogens is 1010 g/mol. The van der Waals surface area contributed by atoms with E-state index in [-0.39, 0.29) is 30.1 Å². The van der Waals surface area contributed by atoms with Crippen LogP contribution in [0.1, 0.15) is 49.3 Å². The Bertz CT molecular complexity index is 2910. The molecule has 0 amide bonds. The Morgan fingerprint density at radius 3 is 1.54 bits per heavy atom. The summed E-state index contributed by atoms with van der Waals surface area (Å²) in [6.07, 6.45) is -2.16. The van der Waals surface area contributed by atoms with Gasteiger partial charge in [0.1, 0.15) is 97.2 Å². The van der Waals surface area contributed by atoms with Crippen LogP contribution >= 0.6 is 45.8 Å². The molecule has 0 spiro atoms. The zero-order valence-corrected chi connectivity index (χ0v) is 42.0. The van der Waals surface area contributed by atoms with Gasteiger partial charge >= 0.3 is 5.97 Å². The van der Waals surface area contributed by atoms with Gasteiger partial charge < -0.3 is 91.3 Å². The second-order valence-corrected chi connectivity index (χ2v) is 21.0. The van der Waals surface area contributed by atoms with Gasteiger partial charge in [0.15, 0.2) is 11.6 Å². The van der Waals surface area contributed by atoms with Crippen LogP contribution in [0, 0.1) is 0 Å². The topological polar surface area (TPSA) is 397 Å². The van der Waals surface area contributed by atoms with Crippen LogP contribution in [0.15, 0.2) is 40.1 Å². The van der Waals surface area contributed by atoms with Crippen molar-refractivity contribution in [2.75, 3.05) is 37.5 Å². The molecule has 5 saturated heterocycles. The molecule has 5 fully saturated rings. The average Bonchev–Trinajstić information content (AvgIpc) is 4.20. The number of ether oxygens (including phenoxy) is 8. The van der Waals surface area contributed by atoms with Crippen molar-refractivity contribution >= 4 is 96.1 Å². The molecule has 0 aliphatic carbocycles. The molecule has 12 atom stereocenters. The number of aliphatic hydroxyl groups excluding tert-OH is 4. The number of fused-ring (bicyclic) bond motifs is 5. The number of aromatic nitrogens is 6. The number of anilines is 2. The summed E-state index contributed by atoms with van der Waals surface area (Å²) in [4.78, 5) is 37.1. The molecule has 5 aliphatic rings. The van der Waals surface area contributed by atoms with Crippen LogP contribution in [0.5, 0.6) is 0 Å². The van der Waals surface area contributed by atoms with E-state index >= 15 is 0 Å². The summed E-state index contributed by atoms with van der Waals surface area (Å²) in [5.41, 5.74) is 13.0. The predicted octanol–water partition coefficient (Wildman–Crippen LogP) is 1.06. The first-order valence-electron chi connectivity index (χ1n) is 21.5. The molecule has 6 aromatic heterocycles. The van der Waals surface area contributed by atoms with Gasteiger partial charge in [-0.1, -0.05) is 0 Å². The Hall–Kier alpha value is -4.06. The third-order valence-electron chi connectivity index (χ3n) is 12.0.